The summed E-state index contributed by atoms with van der Waals surface area (Å²) in [5.74, 6) is 0. The van der Waals surface area contributed by atoms with E-state index in [1.807, 2.05) is 0 Å². The van der Waals surface area contributed by atoms with Crippen molar-refractivity contribution in [1.29, 1.82) is 0 Å². The molecule has 1 aliphatic heterocycles. The molecule has 0 spiro atoms. The van der Waals surface area contributed by atoms with Crippen molar-refractivity contribution in [1.82, 2.24) is 4.90 Å². The van der Waals surface area contributed by atoms with Crippen LogP contribution in [0.2, 0.25) is 0 Å². The average Bonchev–Trinajstić information content (AvgIpc) is 1.98. The monoisotopic (exact) mass is 181 g/mol. The molecule has 0 atom stereocenters. The molecule has 0 aliphatic carbocycles. The average molecular weight is 181 g/mol. The molecule has 1 heteroatoms. The third kappa shape index (κ3) is 1.80. The summed E-state index contributed by atoms with van der Waals surface area (Å²) in [6, 6.07) is 0. The van der Waals surface area contributed by atoms with Gasteiger partial charge in [-0.25, -0.2) is 0 Å². The van der Waals surface area contributed by atoms with Gasteiger partial charge in [-0.15, -0.1) is 0 Å². The molecule has 0 bridgehead atoms. The van der Waals surface area contributed by atoms with E-state index in [1.165, 1.54) is 0 Å². The minimum absolute atomic E-state index is 0.182. The molecular formula is C12H23N. The van der Waals surface area contributed by atoms with Crippen LogP contribution >= 0.6 is 0 Å². The Morgan fingerprint density at radius 1 is 0.846 bits per heavy atom. The zero-order valence-corrected chi connectivity index (χ0v) is 10.1. The van der Waals surface area contributed by atoms with E-state index in [0.717, 1.165) is 0 Å². The van der Waals surface area contributed by atoms with Crippen LogP contribution in [0.15, 0.2) is 12.2 Å². The summed E-state index contributed by atoms with van der Waals surface area (Å²) in [6.07, 6.45) is 4.64. The van der Waals surface area contributed by atoms with E-state index in [9.17, 15) is 0 Å². The van der Waals surface area contributed by atoms with Crippen LogP contribution in [0.3, 0.4) is 0 Å². The second-order valence-corrected chi connectivity index (χ2v) is 6.15. The van der Waals surface area contributed by atoms with E-state index in [2.05, 4.69) is 65.5 Å². The first-order chi connectivity index (χ1) is 5.57. The van der Waals surface area contributed by atoms with Crippen LogP contribution in [0.4, 0.5) is 0 Å². The van der Waals surface area contributed by atoms with Crippen LogP contribution in [-0.4, -0.2) is 21.5 Å². The van der Waals surface area contributed by atoms with E-state index in [0.29, 0.717) is 0 Å². The van der Waals surface area contributed by atoms with E-state index in [1.54, 1.807) is 0 Å². The Balaban J connectivity index is 3.07. The van der Waals surface area contributed by atoms with Gasteiger partial charge in [0.1, 0.15) is 0 Å². The van der Waals surface area contributed by atoms with E-state index in [4.69, 9.17) is 0 Å². The van der Waals surface area contributed by atoms with Crippen LogP contribution in [0.25, 0.3) is 0 Å². The number of rotatable bonds is 0. The minimum Gasteiger partial charge on any atom is -0.281 e. The van der Waals surface area contributed by atoms with Crippen molar-refractivity contribution in [3.8, 4) is 0 Å². The van der Waals surface area contributed by atoms with Crippen molar-refractivity contribution >= 4 is 0 Å². The van der Waals surface area contributed by atoms with Gasteiger partial charge in [0.25, 0.3) is 0 Å². The lowest BCUT2D eigenvalue weighted by molar-refractivity contribution is 0.00439. The fraction of sp³-hybridized carbons (Fsp3) is 0.833. The van der Waals surface area contributed by atoms with Crippen molar-refractivity contribution in [2.75, 3.05) is 0 Å². The highest BCUT2D eigenvalue weighted by molar-refractivity contribution is 5.23. The molecule has 0 saturated heterocycles. The van der Waals surface area contributed by atoms with Crippen molar-refractivity contribution in [2.24, 2.45) is 0 Å². The van der Waals surface area contributed by atoms with Gasteiger partial charge in [-0.3, -0.25) is 4.90 Å². The standard InChI is InChI=1S/C12H23N/c1-10(2,3)13-11(4,5)8-9-12(13,6)7/h8-9H,1-7H3. The summed E-state index contributed by atoms with van der Waals surface area (Å²) in [4.78, 5) is 2.56. The maximum absolute atomic E-state index is 2.56. The normalized spacial score (nSPS) is 26.7. The molecule has 13 heavy (non-hydrogen) atoms. The first-order valence-corrected chi connectivity index (χ1v) is 5.08. The quantitative estimate of drug-likeness (QED) is 0.519. The second kappa shape index (κ2) is 2.60. The SMILES string of the molecule is CC(C)(C)N1C(C)(C)C=CC1(C)C. The molecule has 0 unspecified atom stereocenters. The summed E-state index contributed by atoms with van der Waals surface area (Å²) in [7, 11) is 0. The molecule has 1 aliphatic rings. The molecule has 1 heterocycles. The van der Waals surface area contributed by atoms with E-state index < -0.39 is 0 Å². The predicted molar refractivity (Wildman–Crippen MR) is 58.9 cm³/mol. The lowest BCUT2D eigenvalue weighted by Gasteiger charge is -2.49. The zero-order chi connectivity index (χ0) is 10.5. The smallest absolute Gasteiger partial charge is 0.0349 e. The number of hydrogen-bond acceptors (Lipinski definition) is 1. The highest BCUT2D eigenvalue weighted by Gasteiger charge is 2.45. The molecule has 0 fully saturated rings. The largest absolute Gasteiger partial charge is 0.281 e. The van der Waals surface area contributed by atoms with Crippen LogP contribution in [0.5, 0.6) is 0 Å². The molecule has 76 valence electrons. The lowest BCUT2D eigenvalue weighted by atomic mass is 9.92. The summed E-state index contributed by atoms with van der Waals surface area (Å²) in [5.41, 5.74) is 0.583. The number of nitrogens with zero attached hydrogens (tertiary/aromatic N) is 1. The number of hydrogen-bond donors (Lipinski definition) is 0. The topological polar surface area (TPSA) is 3.24 Å². The molecule has 0 N–H and O–H groups in total. The van der Waals surface area contributed by atoms with Gasteiger partial charge in [-0.2, -0.15) is 0 Å². The first-order valence-electron chi connectivity index (χ1n) is 5.08. The van der Waals surface area contributed by atoms with Crippen molar-refractivity contribution in [2.45, 2.75) is 65.1 Å². The van der Waals surface area contributed by atoms with Crippen molar-refractivity contribution in [3.63, 3.8) is 0 Å². The van der Waals surface area contributed by atoms with Gasteiger partial charge in [0, 0.05) is 16.6 Å². The second-order valence-electron chi connectivity index (χ2n) is 6.15. The van der Waals surface area contributed by atoms with Gasteiger partial charge in [-0.1, -0.05) is 12.2 Å². The molecule has 0 amide bonds. The molecule has 1 nitrogen and oxygen atoms in total. The van der Waals surface area contributed by atoms with Crippen LogP contribution in [0, 0.1) is 0 Å². The molecule has 1 rings (SSSR count). The molecule has 0 aromatic heterocycles. The zero-order valence-electron chi connectivity index (χ0n) is 10.1. The third-order valence-corrected chi connectivity index (χ3v) is 2.72. The van der Waals surface area contributed by atoms with Gasteiger partial charge >= 0.3 is 0 Å². The first kappa shape index (κ1) is 10.8. The Bertz CT molecular complexity index is 210. The molecule has 0 saturated carbocycles. The minimum atomic E-state index is 0.182. The maximum Gasteiger partial charge on any atom is 0.0349 e. The maximum atomic E-state index is 2.56. The van der Waals surface area contributed by atoms with Crippen molar-refractivity contribution < 1.29 is 0 Å². The van der Waals surface area contributed by atoms with Gasteiger partial charge < -0.3 is 0 Å². The Morgan fingerprint density at radius 3 is 1.31 bits per heavy atom. The Morgan fingerprint density at radius 2 is 1.15 bits per heavy atom. The predicted octanol–water partition coefficient (Wildman–Crippen LogP) is 3.21. The van der Waals surface area contributed by atoms with Crippen molar-refractivity contribution in [3.05, 3.63) is 12.2 Å². The Kier molecular flexibility index (Phi) is 2.16. The van der Waals surface area contributed by atoms with Gasteiger partial charge in [0.15, 0.2) is 0 Å². The Labute approximate surface area is 82.8 Å². The fourth-order valence-corrected chi connectivity index (χ4v) is 3.03. The molecule has 0 radical (unpaired) electrons. The fourth-order valence-electron chi connectivity index (χ4n) is 3.03. The lowest BCUT2D eigenvalue weighted by Crippen LogP contribution is -2.58. The molecule has 0 aromatic rings. The molecule has 0 aromatic carbocycles. The van der Waals surface area contributed by atoms with Gasteiger partial charge in [0.05, 0.1) is 0 Å². The van der Waals surface area contributed by atoms with E-state index >= 15 is 0 Å². The van der Waals surface area contributed by atoms with Gasteiger partial charge in [-0.05, 0) is 48.5 Å². The van der Waals surface area contributed by atoms with Crippen LogP contribution < -0.4 is 0 Å². The third-order valence-electron chi connectivity index (χ3n) is 2.72. The highest BCUT2D eigenvalue weighted by Crippen LogP contribution is 2.40. The van der Waals surface area contributed by atoms with Crippen LogP contribution in [0.1, 0.15) is 48.5 Å². The summed E-state index contributed by atoms with van der Waals surface area (Å²) < 4.78 is 0. The highest BCUT2D eigenvalue weighted by atomic mass is 15.3. The van der Waals surface area contributed by atoms with E-state index in [-0.39, 0.29) is 16.6 Å². The summed E-state index contributed by atoms with van der Waals surface area (Å²) in [6.45, 7) is 16.0. The Hall–Kier alpha value is -0.300. The van der Waals surface area contributed by atoms with Crippen LogP contribution in [-0.2, 0) is 0 Å². The summed E-state index contributed by atoms with van der Waals surface area (Å²) in [5, 5.41) is 0. The molecular weight excluding hydrogens is 158 g/mol. The van der Waals surface area contributed by atoms with Gasteiger partial charge in [0.2, 0.25) is 0 Å². The summed E-state index contributed by atoms with van der Waals surface area (Å²) >= 11 is 0.